The molecule has 19 heteroatoms. The lowest BCUT2D eigenvalue weighted by atomic mass is 10.1. The van der Waals surface area contributed by atoms with E-state index < -0.39 is 97.5 Å². The van der Waals surface area contributed by atoms with E-state index in [9.17, 15) is 43.2 Å². The van der Waals surface area contributed by atoms with Crippen LogP contribution >= 0.6 is 15.6 Å². The number of hydrogen-bond donors (Lipinski definition) is 3. The molecule has 0 saturated carbocycles. The highest BCUT2D eigenvalue weighted by atomic mass is 31.2. The molecule has 104 heavy (non-hydrogen) atoms. The molecule has 0 aromatic carbocycles. The minimum Gasteiger partial charge on any atom is -0.462 e. The quantitative estimate of drug-likeness (QED) is 0.0169. The molecule has 0 aromatic heterocycles. The standard InChI is InChI=1S/C85H136O17P2/c1-5-9-13-17-21-25-29-33-35-37-39-41-43-47-50-54-58-62-66-70-83(88)96-76-81(102-85(90)72-68-64-60-56-52-48-44-42-40-38-36-34-30-26-22-18-14-10-6-2)78-100-104(93,94)98-74-79(86)73-97-103(91,92)99-77-80(101-84(89)71-67-63-59-55-51-46-32-28-24-20-16-12-8-4)75-95-82(87)69-65-61-57-53-49-45-31-27-23-19-15-11-7-3/h9-10,13-16,19-22,25-28,31-36,39-42,47-48,50,52,58,62,79-81,86H,5-8,11-12,17-18,23-24,29-30,37-38,43-46,49,51,53-57,59-61,63-78H2,1-4H3,(H,91,92)(H,93,94)/b13-9-,14-10-,19-15-,20-16-,25-21-,26-22-,31-27-,32-28-,35-33-,36-34-,41-39-,42-40-,50-47-,52-48-,62-58-. The highest BCUT2D eigenvalue weighted by Gasteiger charge is 2.30. The summed E-state index contributed by atoms with van der Waals surface area (Å²) in [6, 6.07) is 0. The number of phosphoric acid groups is 2. The minimum atomic E-state index is -5.01. The summed E-state index contributed by atoms with van der Waals surface area (Å²) in [5.74, 6) is -2.36. The number of allylic oxidation sites excluding steroid dienone is 30. The smallest absolute Gasteiger partial charge is 0.462 e. The first-order valence-electron chi connectivity index (χ1n) is 39.0. The number of hydrogen-bond acceptors (Lipinski definition) is 15. The highest BCUT2D eigenvalue weighted by molar-refractivity contribution is 7.47. The van der Waals surface area contributed by atoms with Crippen LogP contribution in [0.3, 0.4) is 0 Å². The fourth-order valence-corrected chi connectivity index (χ4v) is 11.0. The summed E-state index contributed by atoms with van der Waals surface area (Å²) >= 11 is 0. The second-order valence-electron chi connectivity index (χ2n) is 25.2. The second-order valence-corrected chi connectivity index (χ2v) is 28.1. The van der Waals surface area contributed by atoms with Crippen LogP contribution in [0.4, 0.5) is 0 Å². The summed E-state index contributed by atoms with van der Waals surface area (Å²) in [5.41, 5.74) is 0. The molecular formula is C85H136O17P2. The molecule has 17 nitrogen and oxygen atoms in total. The monoisotopic (exact) mass is 1490 g/mol. The molecule has 0 amide bonds. The Balaban J connectivity index is 5.50. The lowest BCUT2D eigenvalue weighted by molar-refractivity contribution is -0.161. The van der Waals surface area contributed by atoms with E-state index in [4.69, 9.17) is 37.0 Å². The lowest BCUT2D eigenvalue weighted by Gasteiger charge is -2.21. The normalized spacial score (nSPS) is 14.9. The van der Waals surface area contributed by atoms with Gasteiger partial charge in [0.25, 0.3) is 0 Å². The van der Waals surface area contributed by atoms with Crippen molar-refractivity contribution in [1.82, 2.24) is 0 Å². The number of ether oxygens (including phenoxy) is 4. The summed E-state index contributed by atoms with van der Waals surface area (Å²) in [6.45, 7) is 4.33. The molecule has 3 N–H and O–H groups in total. The number of esters is 4. The predicted octanol–water partition coefficient (Wildman–Crippen LogP) is 22.8. The van der Waals surface area contributed by atoms with Crippen molar-refractivity contribution in [2.24, 2.45) is 0 Å². The molecule has 0 rings (SSSR count). The summed E-state index contributed by atoms with van der Waals surface area (Å²) in [7, 11) is -10.0. The number of aliphatic hydroxyl groups is 1. The maximum absolute atomic E-state index is 13.1. The molecule has 0 aliphatic rings. The molecular weight excluding hydrogens is 1350 g/mol. The van der Waals surface area contributed by atoms with Crippen molar-refractivity contribution in [3.05, 3.63) is 182 Å². The molecule has 0 fully saturated rings. The van der Waals surface area contributed by atoms with Crippen LogP contribution in [0.5, 0.6) is 0 Å². The Morgan fingerprint density at radius 2 is 0.519 bits per heavy atom. The maximum Gasteiger partial charge on any atom is 0.472 e. The zero-order valence-corrected chi connectivity index (χ0v) is 65.9. The predicted molar refractivity (Wildman–Crippen MR) is 426 cm³/mol. The van der Waals surface area contributed by atoms with Crippen LogP contribution in [0.2, 0.25) is 0 Å². The molecule has 0 spiro atoms. The van der Waals surface area contributed by atoms with Gasteiger partial charge in [-0.2, -0.15) is 0 Å². The van der Waals surface area contributed by atoms with Gasteiger partial charge >= 0.3 is 39.5 Å². The van der Waals surface area contributed by atoms with E-state index in [1.165, 1.54) is 0 Å². The highest BCUT2D eigenvalue weighted by Crippen LogP contribution is 2.45. The zero-order chi connectivity index (χ0) is 76.0. The van der Waals surface area contributed by atoms with Crippen molar-refractivity contribution in [3.8, 4) is 0 Å². The van der Waals surface area contributed by atoms with Crippen molar-refractivity contribution in [2.75, 3.05) is 39.6 Å². The van der Waals surface area contributed by atoms with Crippen molar-refractivity contribution < 1.29 is 80.2 Å². The van der Waals surface area contributed by atoms with E-state index in [1.54, 1.807) is 0 Å². The Bertz CT molecular complexity index is 2690. The van der Waals surface area contributed by atoms with E-state index in [-0.39, 0.29) is 25.7 Å². The summed E-state index contributed by atoms with van der Waals surface area (Å²) in [6.07, 6.45) is 90.4. The molecule has 588 valence electrons. The molecule has 0 aromatic rings. The Labute approximate surface area is 628 Å². The first-order chi connectivity index (χ1) is 50.7. The van der Waals surface area contributed by atoms with Crippen molar-refractivity contribution in [1.29, 1.82) is 0 Å². The molecule has 0 bridgehead atoms. The molecule has 0 aliphatic carbocycles. The molecule has 0 radical (unpaired) electrons. The number of aliphatic hydroxyl groups excluding tert-OH is 1. The zero-order valence-electron chi connectivity index (χ0n) is 64.1. The van der Waals surface area contributed by atoms with Gasteiger partial charge in [-0.25, -0.2) is 9.13 Å². The van der Waals surface area contributed by atoms with E-state index in [1.807, 2.05) is 18.2 Å². The van der Waals surface area contributed by atoms with Crippen molar-refractivity contribution in [2.45, 2.75) is 290 Å². The Morgan fingerprint density at radius 3 is 0.837 bits per heavy atom. The maximum atomic E-state index is 13.1. The fourth-order valence-electron chi connectivity index (χ4n) is 9.46. The third-order valence-corrected chi connectivity index (χ3v) is 17.2. The van der Waals surface area contributed by atoms with Gasteiger partial charge in [-0.05, 0) is 161 Å². The molecule has 0 saturated heterocycles. The lowest BCUT2D eigenvalue weighted by Crippen LogP contribution is -2.30. The number of carbonyl (C=O) groups excluding carboxylic acids is 4. The van der Waals surface area contributed by atoms with Gasteiger partial charge in [-0.15, -0.1) is 0 Å². The van der Waals surface area contributed by atoms with Crippen LogP contribution in [0.15, 0.2) is 182 Å². The van der Waals surface area contributed by atoms with E-state index in [0.717, 1.165) is 186 Å². The van der Waals surface area contributed by atoms with Gasteiger partial charge in [0.2, 0.25) is 0 Å². The van der Waals surface area contributed by atoms with Crippen LogP contribution in [0.25, 0.3) is 0 Å². The van der Waals surface area contributed by atoms with Gasteiger partial charge in [-0.1, -0.05) is 268 Å². The van der Waals surface area contributed by atoms with Gasteiger partial charge in [0, 0.05) is 25.7 Å². The Kier molecular flexibility index (Phi) is 71.2. The molecule has 0 heterocycles. The third-order valence-electron chi connectivity index (χ3n) is 15.3. The molecule has 0 aliphatic heterocycles. The molecule has 5 atom stereocenters. The minimum absolute atomic E-state index is 0.0207. The number of unbranched alkanes of at least 4 members (excludes halogenated alkanes) is 15. The third kappa shape index (κ3) is 74.4. The van der Waals surface area contributed by atoms with Crippen LogP contribution in [-0.2, 0) is 65.4 Å². The Hall–Kier alpha value is -5.84. The average molecular weight is 1490 g/mol. The fraction of sp³-hybridized carbons (Fsp3) is 0.600. The van der Waals surface area contributed by atoms with E-state index in [0.29, 0.717) is 32.1 Å². The largest absolute Gasteiger partial charge is 0.472 e. The average Bonchev–Trinajstić information content (AvgIpc) is 0.906. The second kappa shape index (κ2) is 75.4. The van der Waals surface area contributed by atoms with Crippen LogP contribution in [0.1, 0.15) is 272 Å². The number of phosphoric ester groups is 2. The van der Waals surface area contributed by atoms with Crippen LogP contribution in [0, 0.1) is 0 Å². The number of carbonyl (C=O) groups is 4. The van der Waals surface area contributed by atoms with Gasteiger partial charge in [0.1, 0.15) is 19.3 Å². The van der Waals surface area contributed by atoms with Gasteiger partial charge in [0.05, 0.1) is 26.4 Å². The molecule has 5 unspecified atom stereocenters. The summed E-state index contributed by atoms with van der Waals surface area (Å²) < 4.78 is 68.4. The van der Waals surface area contributed by atoms with Crippen LogP contribution in [-0.4, -0.2) is 96.7 Å². The number of rotatable bonds is 71. The van der Waals surface area contributed by atoms with E-state index >= 15 is 0 Å². The Morgan fingerprint density at radius 1 is 0.279 bits per heavy atom. The summed E-state index contributed by atoms with van der Waals surface area (Å²) in [5, 5.41) is 10.6. The first-order valence-corrected chi connectivity index (χ1v) is 42.0. The van der Waals surface area contributed by atoms with Gasteiger partial charge in [-0.3, -0.25) is 37.3 Å². The van der Waals surface area contributed by atoms with Gasteiger partial charge in [0.15, 0.2) is 12.2 Å². The van der Waals surface area contributed by atoms with Crippen molar-refractivity contribution >= 4 is 39.5 Å². The SMILES string of the molecule is CC/C=C\C/C=C\C/C=C\C/C=C\C/C=C\C/C=C\CCC(=O)OCC(COP(=O)(O)OCC(O)COP(=O)(O)OCC(COC(=O)CCCCCCC/C=C\C/C=C\CCC)OC(=O)CCCCCCC/C=C\C/C=C\CCC)OC(=O)CCCCC/C=C\C/C=C\C/C=C\C/C=C\C/C=C\CC. The first kappa shape index (κ1) is 98.2. The summed E-state index contributed by atoms with van der Waals surface area (Å²) in [4.78, 5) is 72.9. The van der Waals surface area contributed by atoms with Gasteiger partial charge < -0.3 is 33.8 Å². The van der Waals surface area contributed by atoms with Crippen molar-refractivity contribution in [3.63, 3.8) is 0 Å². The van der Waals surface area contributed by atoms with Crippen LogP contribution < -0.4 is 0 Å². The van der Waals surface area contributed by atoms with E-state index in [2.05, 4.69) is 192 Å². The topological polar surface area (TPSA) is 237 Å².